The zero-order chi connectivity index (χ0) is 22.9. The van der Waals surface area contributed by atoms with Crippen LogP contribution in [0.4, 0.5) is 23.4 Å². The highest BCUT2D eigenvalue weighted by atomic mass is 19.4. The number of aliphatic hydroxyl groups is 1. The molecule has 0 aliphatic heterocycles. The van der Waals surface area contributed by atoms with Crippen molar-refractivity contribution >= 4 is 16.7 Å². The van der Waals surface area contributed by atoms with Crippen LogP contribution >= 0.6 is 0 Å². The molecule has 2 heterocycles. The number of alkyl halides is 3. The van der Waals surface area contributed by atoms with Gasteiger partial charge in [-0.2, -0.15) is 13.2 Å². The molecule has 31 heavy (non-hydrogen) atoms. The molecule has 0 aliphatic rings. The first kappa shape index (κ1) is 23.1. The summed E-state index contributed by atoms with van der Waals surface area (Å²) in [6, 6.07) is 8.81. The zero-order valence-electron chi connectivity index (χ0n) is 17.8. The average Bonchev–Trinajstić information content (AvgIpc) is 3.06. The van der Waals surface area contributed by atoms with Crippen molar-refractivity contribution in [3.05, 3.63) is 59.7 Å². The molecule has 4 nitrogen and oxygen atoms in total. The van der Waals surface area contributed by atoms with Gasteiger partial charge in [-0.05, 0) is 48.1 Å². The monoisotopic (exact) mass is 437 g/mol. The van der Waals surface area contributed by atoms with Gasteiger partial charge in [0.1, 0.15) is 11.6 Å². The van der Waals surface area contributed by atoms with Gasteiger partial charge in [0.25, 0.3) is 0 Å². The summed E-state index contributed by atoms with van der Waals surface area (Å²) in [6.45, 7) is 5.89. The Morgan fingerprint density at radius 1 is 1.13 bits per heavy atom. The predicted octanol–water partition coefficient (Wildman–Crippen LogP) is 5.73. The Morgan fingerprint density at radius 2 is 1.87 bits per heavy atom. The van der Waals surface area contributed by atoms with E-state index in [2.05, 4.69) is 15.3 Å². The van der Waals surface area contributed by atoms with Crippen LogP contribution in [0.2, 0.25) is 0 Å². The van der Waals surface area contributed by atoms with Crippen LogP contribution in [0, 0.1) is 5.82 Å². The summed E-state index contributed by atoms with van der Waals surface area (Å²) >= 11 is 0. The van der Waals surface area contributed by atoms with Gasteiger partial charge < -0.3 is 15.4 Å². The van der Waals surface area contributed by atoms with Crippen molar-refractivity contribution in [2.75, 3.05) is 11.9 Å². The van der Waals surface area contributed by atoms with Crippen molar-refractivity contribution in [3.63, 3.8) is 0 Å². The Labute approximate surface area is 178 Å². The highest BCUT2D eigenvalue weighted by molar-refractivity contribution is 5.82. The summed E-state index contributed by atoms with van der Waals surface area (Å²) in [5, 5.41) is 14.6. The van der Waals surface area contributed by atoms with Gasteiger partial charge in [-0.3, -0.25) is 0 Å². The summed E-state index contributed by atoms with van der Waals surface area (Å²) in [5.74, 6) is 0.106. The second kappa shape index (κ2) is 8.49. The minimum atomic E-state index is -4.87. The quantitative estimate of drug-likeness (QED) is 0.395. The number of aromatic amines is 1. The van der Waals surface area contributed by atoms with E-state index in [1.54, 1.807) is 38.2 Å². The largest absolute Gasteiger partial charge is 0.417 e. The third-order valence-electron chi connectivity index (χ3n) is 5.47. The molecule has 3 N–H and O–H groups in total. The Morgan fingerprint density at radius 3 is 2.52 bits per heavy atom. The fraction of sp³-hybridized carbons (Fsp3) is 0.435. The van der Waals surface area contributed by atoms with Crippen molar-refractivity contribution in [3.8, 4) is 0 Å². The van der Waals surface area contributed by atoms with Gasteiger partial charge in [0.2, 0.25) is 0 Å². The van der Waals surface area contributed by atoms with E-state index in [0.29, 0.717) is 22.3 Å². The van der Waals surface area contributed by atoms with Crippen LogP contribution in [0.1, 0.15) is 44.9 Å². The number of H-pyrrole nitrogens is 1. The summed E-state index contributed by atoms with van der Waals surface area (Å²) in [5.41, 5.74) is -2.88. The topological polar surface area (TPSA) is 60.9 Å². The maximum absolute atomic E-state index is 14.0. The molecule has 1 unspecified atom stereocenters. The van der Waals surface area contributed by atoms with Crippen molar-refractivity contribution in [1.29, 1.82) is 0 Å². The van der Waals surface area contributed by atoms with Gasteiger partial charge in [-0.1, -0.05) is 32.9 Å². The Hall–Kier alpha value is -2.61. The highest BCUT2D eigenvalue weighted by Crippen LogP contribution is 2.43. The molecule has 3 rings (SSSR count). The molecule has 0 saturated carbocycles. The first-order valence-electron chi connectivity index (χ1n) is 10.2. The molecule has 0 aliphatic carbocycles. The summed E-state index contributed by atoms with van der Waals surface area (Å²) in [7, 11) is 0. The maximum Gasteiger partial charge on any atom is 0.417 e. The van der Waals surface area contributed by atoms with E-state index in [1.807, 2.05) is 6.92 Å². The van der Waals surface area contributed by atoms with E-state index in [1.165, 1.54) is 18.2 Å². The molecule has 0 amide bonds. The highest BCUT2D eigenvalue weighted by Gasteiger charge is 2.56. The van der Waals surface area contributed by atoms with E-state index in [4.69, 9.17) is 0 Å². The third-order valence-corrected chi connectivity index (χ3v) is 5.47. The second-order valence-corrected chi connectivity index (χ2v) is 8.66. The molecule has 0 fully saturated rings. The molecule has 8 heteroatoms. The molecule has 0 bridgehead atoms. The minimum absolute atomic E-state index is 0.249. The number of hydrogen-bond donors (Lipinski definition) is 3. The van der Waals surface area contributed by atoms with E-state index in [9.17, 15) is 22.7 Å². The van der Waals surface area contributed by atoms with Crippen molar-refractivity contribution in [1.82, 2.24) is 9.97 Å². The second-order valence-electron chi connectivity index (χ2n) is 8.66. The van der Waals surface area contributed by atoms with E-state index >= 15 is 0 Å². The van der Waals surface area contributed by atoms with Gasteiger partial charge in [0.05, 0.1) is 11.7 Å². The lowest BCUT2D eigenvalue weighted by Crippen LogP contribution is -2.50. The molecule has 3 aromatic rings. The fourth-order valence-electron chi connectivity index (χ4n) is 3.86. The SMILES string of the molecule is CCCNc1cc2cc(CC(O)(CC(C)(C)c3cccc(F)c3)C(F)(F)F)[nH]c2cn1. The Bertz CT molecular complexity index is 1040. The fourth-order valence-corrected chi connectivity index (χ4v) is 3.86. The van der Waals surface area contributed by atoms with Crippen LogP contribution in [-0.2, 0) is 11.8 Å². The first-order chi connectivity index (χ1) is 14.4. The molecular weight excluding hydrogens is 410 g/mol. The van der Waals surface area contributed by atoms with Crippen LogP contribution < -0.4 is 5.32 Å². The molecular formula is C23H27F4N3O. The lowest BCUT2D eigenvalue weighted by atomic mass is 9.73. The van der Waals surface area contributed by atoms with Crippen LogP contribution in [-0.4, -0.2) is 33.4 Å². The third kappa shape index (κ3) is 5.18. The van der Waals surface area contributed by atoms with Gasteiger partial charge in [0, 0.05) is 24.0 Å². The van der Waals surface area contributed by atoms with E-state index in [-0.39, 0.29) is 5.69 Å². The smallest absolute Gasteiger partial charge is 0.380 e. The number of nitrogens with one attached hydrogen (secondary N) is 2. The number of anilines is 1. The van der Waals surface area contributed by atoms with Crippen LogP contribution in [0.3, 0.4) is 0 Å². The Balaban J connectivity index is 1.90. The number of rotatable bonds is 8. The molecule has 0 radical (unpaired) electrons. The Kier molecular flexibility index (Phi) is 6.32. The predicted molar refractivity (Wildman–Crippen MR) is 114 cm³/mol. The molecule has 168 valence electrons. The first-order valence-corrected chi connectivity index (χ1v) is 10.2. The number of aromatic nitrogens is 2. The van der Waals surface area contributed by atoms with Gasteiger partial charge >= 0.3 is 6.18 Å². The summed E-state index contributed by atoms with van der Waals surface area (Å²) in [4.78, 5) is 7.18. The number of benzene rings is 1. The summed E-state index contributed by atoms with van der Waals surface area (Å²) in [6.07, 6.45) is -3.68. The van der Waals surface area contributed by atoms with Crippen molar-refractivity contribution in [2.45, 2.75) is 57.2 Å². The molecule has 0 spiro atoms. The van der Waals surface area contributed by atoms with Crippen molar-refractivity contribution < 1.29 is 22.7 Å². The standard InChI is InChI=1S/C23H27F4N3O/c1-4-8-28-20-10-15-9-18(30-19(15)13-29-20)12-22(31,23(25,26)27)14-21(2,3)16-6-5-7-17(24)11-16/h5-7,9-11,13,30-31H,4,8,12,14H2,1-3H3,(H,28,29). The van der Waals surface area contributed by atoms with Crippen LogP contribution in [0.15, 0.2) is 42.6 Å². The van der Waals surface area contributed by atoms with Crippen molar-refractivity contribution in [2.24, 2.45) is 0 Å². The molecule has 1 aromatic carbocycles. The van der Waals surface area contributed by atoms with Crippen LogP contribution in [0.5, 0.6) is 0 Å². The van der Waals surface area contributed by atoms with Gasteiger partial charge in [0.15, 0.2) is 5.60 Å². The van der Waals surface area contributed by atoms with Gasteiger partial charge in [-0.25, -0.2) is 9.37 Å². The minimum Gasteiger partial charge on any atom is -0.380 e. The molecule has 0 saturated heterocycles. The number of hydrogen-bond acceptors (Lipinski definition) is 3. The zero-order valence-corrected chi connectivity index (χ0v) is 17.8. The number of nitrogens with zero attached hydrogens (tertiary/aromatic N) is 1. The molecule has 2 aromatic heterocycles. The van der Waals surface area contributed by atoms with E-state index in [0.717, 1.165) is 13.0 Å². The summed E-state index contributed by atoms with van der Waals surface area (Å²) < 4.78 is 55.7. The van der Waals surface area contributed by atoms with E-state index < -0.39 is 35.9 Å². The lowest BCUT2D eigenvalue weighted by molar-refractivity contribution is -0.266. The molecule has 1 atom stereocenters. The normalized spacial score (nSPS) is 14.6. The van der Waals surface area contributed by atoms with Gasteiger partial charge in [-0.15, -0.1) is 0 Å². The number of fused-ring (bicyclic) bond motifs is 1. The number of pyridine rings is 1. The lowest BCUT2D eigenvalue weighted by Gasteiger charge is -2.38. The maximum atomic E-state index is 14.0. The number of halogens is 4. The average molecular weight is 437 g/mol. The van der Waals surface area contributed by atoms with Crippen LogP contribution in [0.25, 0.3) is 10.9 Å².